The van der Waals surface area contributed by atoms with Crippen LogP contribution in [0.5, 0.6) is 0 Å². The van der Waals surface area contributed by atoms with Gasteiger partial charge in [0.15, 0.2) is 0 Å². The molecule has 1 aliphatic rings. The molecular formula is C12H12N4O. The molecular weight excluding hydrogens is 216 g/mol. The largest absolute Gasteiger partial charge is 0.378 e. The van der Waals surface area contributed by atoms with Crippen LogP contribution in [-0.4, -0.2) is 36.3 Å². The highest BCUT2D eigenvalue weighted by Gasteiger charge is 2.16. The maximum Gasteiger partial charge on any atom is 0.108 e. The Bertz CT molecular complexity index is 578. The Kier molecular flexibility index (Phi) is 2.42. The second-order valence-electron chi connectivity index (χ2n) is 3.97. The van der Waals surface area contributed by atoms with Crippen molar-refractivity contribution >= 4 is 16.7 Å². The van der Waals surface area contributed by atoms with Gasteiger partial charge < -0.3 is 14.6 Å². The zero-order valence-corrected chi connectivity index (χ0v) is 9.31. The summed E-state index contributed by atoms with van der Waals surface area (Å²) in [6.45, 7) is 3.24. The molecule has 5 nitrogen and oxygen atoms in total. The van der Waals surface area contributed by atoms with Crippen molar-refractivity contribution in [2.75, 3.05) is 31.2 Å². The number of pyridine rings is 1. The molecule has 2 aromatic heterocycles. The minimum absolute atomic E-state index is 0.593. The molecule has 0 aromatic carbocycles. The summed E-state index contributed by atoms with van der Waals surface area (Å²) >= 11 is 0. The number of morpholine rings is 1. The number of ether oxygens (including phenoxy) is 1. The average Bonchev–Trinajstić information content (AvgIpc) is 2.82. The fourth-order valence-corrected chi connectivity index (χ4v) is 2.16. The molecule has 5 heteroatoms. The maximum atomic E-state index is 8.98. The summed E-state index contributed by atoms with van der Waals surface area (Å²) in [5.74, 6) is 0. The highest BCUT2D eigenvalue weighted by molar-refractivity contribution is 5.92. The van der Waals surface area contributed by atoms with Gasteiger partial charge in [0.05, 0.1) is 30.0 Å². The van der Waals surface area contributed by atoms with Crippen molar-refractivity contribution in [3.63, 3.8) is 0 Å². The molecule has 0 unspecified atom stereocenters. The van der Waals surface area contributed by atoms with Crippen LogP contribution in [0, 0.1) is 11.3 Å². The fourth-order valence-electron chi connectivity index (χ4n) is 2.16. The zero-order valence-electron chi connectivity index (χ0n) is 9.31. The Labute approximate surface area is 98.6 Å². The van der Waals surface area contributed by atoms with Gasteiger partial charge in [0.1, 0.15) is 11.6 Å². The molecule has 0 aliphatic carbocycles. The first-order valence-corrected chi connectivity index (χ1v) is 5.59. The van der Waals surface area contributed by atoms with Crippen LogP contribution < -0.4 is 4.90 Å². The van der Waals surface area contributed by atoms with Gasteiger partial charge in [0, 0.05) is 25.5 Å². The van der Waals surface area contributed by atoms with Gasteiger partial charge in [-0.1, -0.05) is 0 Å². The molecule has 1 N–H and O–H groups in total. The predicted octanol–water partition coefficient (Wildman–Crippen LogP) is 1.27. The average molecular weight is 228 g/mol. The molecule has 0 amide bonds. The first-order valence-electron chi connectivity index (χ1n) is 5.59. The number of hydrogen-bond donors (Lipinski definition) is 1. The van der Waals surface area contributed by atoms with E-state index in [2.05, 4.69) is 20.9 Å². The third-order valence-corrected chi connectivity index (χ3v) is 3.02. The van der Waals surface area contributed by atoms with Crippen molar-refractivity contribution in [2.45, 2.75) is 0 Å². The Hall–Kier alpha value is -2.06. The standard InChI is InChI=1S/C12H12N4O/c13-7-9-8-15-12-10(1-2-14-11(9)12)16-3-5-17-6-4-16/h1-2,8,15H,3-6H2. The van der Waals surface area contributed by atoms with Crippen molar-refractivity contribution in [3.05, 3.63) is 24.0 Å². The van der Waals surface area contributed by atoms with Crippen LogP contribution in [0.25, 0.3) is 11.0 Å². The first kappa shape index (κ1) is 10.1. The van der Waals surface area contributed by atoms with E-state index in [0.717, 1.165) is 43.0 Å². The number of anilines is 1. The van der Waals surface area contributed by atoms with Crippen LogP contribution in [0.2, 0.25) is 0 Å². The molecule has 0 bridgehead atoms. The lowest BCUT2D eigenvalue weighted by Gasteiger charge is -2.29. The van der Waals surface area contributed by atoms with Crippen molar-refractivity contribution in [1.29, 1.82) is 5.26 Å². The zero-order chi connectivity index (χ0) is 11.7. The Morgan fingerprint density at radius 2 is 2.24 bits per heavy atom. The van der Waals surface area contributed by atoms with Crippen LogP contribution in [-0.2, 0) is 4.74 Å². The molecule has 17 heavy (non-hydrogen) atoms. The van der Waals surface area contributed by atoms with E-state index in [0.29, 0.717) is 5.56 Å². The number of aromatic amines is 1. The van der Waals surface area contributed by atoms with Crippen LogP contribution >= 0.6 is 0 Å². The predicted molar refractivity (Wildman–Crippen MR) is 63.8 cm³/mol. The molecule has 0 atom stereocenters. The molecule has 0 radical (unpaired) electrons. The molecule has 86 valence electrons. The number of fused-ring (bicyclic) bond motifs is 1. The van der Waals surface area contributed by atoms with Gasteiger partial charge in [-0.3, -0.25) is 4.98 Å². The number of rotatable bonds is 1. The van der Waals surface area contributed by atoms with Gasteiger partial charge in [-0.05, 0) is 6.07 Å². The van der Waals surface area contributed by atoms with E-state index in [1.807, 2.05) is 6.07 Å². The number of nitriles is 1. The van der Waals surface area contributed by atoms with E-state index < -0.39 is 0 Å². The summed E-state index contributed by atoms with van der Waals surface area (Å²) < 4.78 is 5.34. The Balaban J connectivity index is 2.10. The van der Waals surface area contributed by atoms with Gasteiger partial charge in [0.25, 0.3) is 0 Å². The number of hydrogen-bond acceptors (Lipinski definition) is 4. The number of H-pyrrole nitrogens is 1. The van der Waals surface area contributed by atoms with Crippen molar-refractivity contribution in [2.24, 2.45) is 0 Å². The number of nitrogens with one attached hydrogen (secondary N) is 1. The van der Waals surface area contributed by atoms with Crippen molar-refractivity contribution in [3.8, 4) is 6.07 Å². The van der Waals surface area contributed by atoms with E-state index in [1.165, 1.54) is 0 Å². The maximum absolute atomic E-state index is 8.98. The SMILES string of the molecule is N#Cc1c[nH]c2c(N3CCOCC3)ccnc12. The van der Waals surface area contributed by atoms with E-state index >= 15 is 0 Å². The summed E-state index contributed by atoms with van der Waals surface area (Å²) in [4.78, 5) is 9.65. The highest BCUT2D eigenvalue weighted by Crippen LogP contribution is 2.26. The van der Waals surface area contributed by atoms with Crippen LogP contribution in [0.3, 0.4) is 0 Å². The molecule has 0 spiro atoms. The molecule has 1 saturated heterocycles. The minimum Gasteiger partial charge on any atom is -0.378 e. The lowest BCUT2D eigenvalue weighted by atomic mass is 10.2. The van der Waals surface area contributed by atoms with Crippen molar-refractivity contribution < 1.29 is 4.74 Å². The Morgan fingerprint density at radius 1 is 1.41 bits per heavy atom. The van der Waals surface area contributed by atoms with E-state index in [-0.39, 0.29) is 0 Å². The van der Waals surface area contributed by atoms with Crippen LogP contribution in [0.4, 0.5) is 5.69 Å². The third-order valence-electron chi connectivity index (χ3n) is 3.02. The van der Waals surface area contributed by atoms with Gasteiger partial charge in [-0.2, -0.15) is 5.26 Å². The Morgan fingerprint density at radius 3 is 3.00 bits per heavy atom. The lowest BCUT2D eigenvalue weighted by molar-refractivity contribution is 0.123. The molecule has 1 fully saturated rings. The van der Waals surface area contributed by atoms with Gasteiger partial charge in [0.2, 0.25) is 0 Å². The quantitative estimate of drug-likeness (QED) is 0.798. The lowest BCUT2D eigenvalue weighted by Crippen LogP contribution is -2.36. The second kappa shape index (κ2) is 4.07. The van der Waals surface area contributed by atoms with Gasteiger partial charge in [-0.25, -0.2) is 0 Å². The molecule has 3 heterocycles. The number of aromatic nitrogens is 2. The fraction of sp³-hybridized carbons (Fsp3) is 0.333. The van der Waals surface area contributed by atoms with E-state index in [9.17, 15) is 0 Å². The summed E-state index contributed by atoms with van der Waals surface area (Å²) in [6, 6.07) is 4.12. The third kappa shape index (κ3) is 1.63. The van der Waals surface area contributed by atoms with Crippen LogP contribution in [0.15, 0.2) is 18.5 Å². The van der Waals surface area contributed by atoms with Crippen molar-refractivity contribution in [1.82, 2.24) is 9.97 Å². The van der Waals surface area contributed by atoms with E-state index in [1.54, 1.807) is 12.4 Å². The summed E-state index contributed by atoms with van der Waals surface area (Å²) in [5, 5.41) is 8.98. The molecule has 3 rings (SSSR count). The second-order valence-corrected chi connectivity index (χ2v) is 3.97. The van der Waals surface area contributed by atoms with E-state index in [4.69, 9.17) is 10.00 Å². The normalized spacial score (nSPS) is 16.1. The van der Waals surface area contributed by atoms with Gasteiger partial charge >= 0.3 is 0 Å². The minimum atomic E-state index is 0.593. The molecule has 0 saturated carbocycles. The van der Waals surface area contributed by atoms with Gasteiger partial charge in [-0.15, -0.1) is 0 Å². The topological polar surface area (TPSA) is 64.9 Å². The molecule has 1 aliphatic heterocycles. The first-order chi connectivity index (χ1) is 8.40. The van der Waals surface area contributed by atoms with Crippen LogP contribution in [0.1, 0.15) is 5.56 Å². The summed E-state index contributed by atoms with van der Waals surface area (Å²) in [6.07, 6.45) is 3.46. The summed E-state index contributed by atoms with van der Waals surface area (Å²) in [7, 11) is 0. The molecule has 2 aromatic rings. The number of nitrogens with zero attached hydrogens (tertiary/aromatic N) is 3. The smallest absolute Gasteiger partial charge is 0.108 e. The monoisotopic (exact) mass is 228 g/mol. The summed E-state index contributed by atoms with van der Waals surface area (Å²) in [5.41, 5.74) is 3.37. The highest BCUT2D eigenvalue weighted by atomic mass is 16.5.